The van der Waals surface area contributed by atoms with Gasteiger partial charge in [-0.1, -0.05) is 12.1 Å². The molecule has 4 aromatic rings. The zero-order valence-corrected chi connectivity index (χ0v) is 24.1. The summed E-state index contributed by atoms with van der Waals surface area (Å²) in [6, 6.07) is 15.8. The first kappa shape index (κ1) is 27.5. The van der Waals surface area contributed by atoms with Crippen LogP contribution in [0.2, 0.25) is 0 Å². The molecule has 2 aromatic carbocycles. The number of carbonyl (C=O) groups is 1. The first-order valence-corrected chi connectivity index (χ1v) is 14.6. The lowest BCUT2D eigenvalue weighted by atomic mass is 10.1. The monoisotopic (exact) mass is 581 g/mol. The number of hydrogen-bond acceptors (Lipinski definition) is 8. The molecule has 10 heteroatoms. The van der Waals surface area contributed by atoms with Crippen molar-refractivity contribution in [3.05, 3.63) is 88.1 Å². The molecule has 3 atom stereocenters. The summed E-state index contributed by atoms with van der Waals surface area (Å²) in [5, 5.41) is 8.95. The minimum Gasteiger partial charge on any atom is -0.473 e. The number of nitriles is 1. The van der Waals surface area contributed by atoms with E-state index in [0.29, 0.717) is 41.3 Å². The fourth-order valence-electron chi connectivity index (χ4n) is 6.60. The van der Waals surface area contributed by atoms with Gasteiger partial charge >= 0.3 is 5.97 Å². The number of esters is 1. The molecule has 2 saturated heterocycles. The lowest BCUT2D eigenvalue weighted by Gasteiger charge is -2.28. The van der Waals surface area contributed by atoms with Crippen LogP contribution >= 0.6 is 0 Å². The van der Waals surface area contributed by atoms with Gasteiger partial charge < -0.3 is 18.8 Å². The third-order valence-electron chi connectivity index (χ3n) is 9.00. The Labute approximate surface area is 248 Å². The lowest BCUT2D eigenvalue weighted by molar-refractivity contribution is -0.0591. The largest absolute Gasteiger partial charge is 0.473 e. The zero-order chi connectivity index (χ0) is 29.7. The number of likely N-dealkylation sites (tertiary alicyclic amines) is 1. The van der Waals surface area contributed by atoms with Crippen molar-refractivity contribution in [1.82, 2.24) is 19.4 Å². The molecule has 7 rings (SSSR count). The van der Waals surface area contributed by atoms with Gasteiger partial charge in [0.25, 0.3) is 0 Å². The van der Waals surface area contributed by atoms with E-state index in [1.54, 1.807) is 18.2 Å². The van der Waals surface area contributed by atoms with Crippen molar-refractivity contribution in [2.24, 2.45) is 11.8 Å². The molecule has 4 heterocycles. The summed E-state index contributed by atoms with van der Waals surface area (Å²) in [6.45, 7) is 6.15. The van der Waals surface area contributed by atoms with Crippen LogP contribution < -0.4 is 4.74 Å². The van der Waals surface area contributed by atoms with Crippen molar-refractivity contribution in [2.75, 3.05) is 26.8 Å². The summed E-state index contributed by atoms with van der Waals surface area (Å²) in [6.07, 6.45) is 1.17. The van der Waals surface area contributed by atoms with Crippen LogP contribution in [0.15, 0.2) is 48.5 Å². The number of hydrogen-bond donors (Lipinski definition) is 0. The second-order valence-corrected chi connectivity index (χ2v) is 11.7. The SMILES string of the molecule is COC(=O)c1cc(C)c2nc(CN3CC4C(C3)C4c3cccc(OCc4ccc(C#N)cc4F)n3)n(C[C@@H]3CCO3)c2c1. The molecule has 2 aliphatic heterocycles. The number of imidazole rings is 1. The number of aromatic nitrogens is 3. The molecule has 43 heavy (non-hydrogen) atoms. The van der Waals surface area contributed by atoms with Gasteiger partial charge in [0.05, 0.1) is 54.5 Å². The van der Waals surface area contributed by atoms with Crippen molar-refractivity contribution >= 4 is 17.0 Å². The van der Waals surface area contributed by atoms with Gasteiger partial charge in [-0.15, -0.1) is 0 Å². The molecule has 3 fully saturated rings. The summed E-state index contributed by atoms with van der Waals surface area (Å²) in [7, 11) is 1.40. The number of aryl methyl sites for hydroxylation is 1. The van der Waals surface area contributed by atoms with E-state index in [1.807, 2.05) is 37.3 Å². The Balaban J connectivity index is 1.03. The number of ether oxygens (including phenoxy) is 3. The van der Waals surface area contributed by atoms with Crippen LogP contribution in [0.1, 0.15) is 50.9 Å². The Morgan fingerprint density at radius 1 is 1.16 bits per heavy atom. The van der Waals surface area contributed by atoms with Crippen LogP contribution in [0.3, 0.4) is 0 Å². The van der Waals surface area contributed by atoms with Crippen LogP contribution in [0.5, 0.6) is 5.88 Å². The number of carbonyl (C=O) groups excluding carboxylic acids is 1. The normalized spacial score (nSPS) is 22.6. The predicted octanol–water partition coefficient (Wildman–Crippen LogP) is 4.75. The number of piperidine rings is 1. The number of pyridine rings is 1. The van der Waals surface area contributed by atoms with Gasteiger partial charge in [0.15, 0.2) is 0 Å². The van der Waals surface area contributed by atoms with Crippen LogP contribution in [0.25, 0.3) is 11.0 Å². The molecule has 0 radical (unpaired) electrons. The number of methoxy groups -OCH3 is 1. The maximum atomic E-state index is 14.3. The Morgan fingerprint density at radius 2 is 1.98 bits per heavy atom. The third-order valence-corrected chi connectivity index (χ3v) is 9.00. The quantitative estimate of drug-likeness (QED) is 0.261. The highest BCUT2D eigenvalue weighted by Gasteiger charge is 2.57. The number of halogens is 1. The highest BCUT2D eigenvalue weighted by molar-refractivity contribution is 5.95. The number of rotatable bonds is 9. The van der Waals surface area contributed by atoms with Crippen LogP contribution in [-0.2, 0) is 29.2 Å². The Kier molecular flexibility index (Phi) is 7.07. The van der Waals surface area contributed by atoms with Crippen molar-refractivity contribution in [2.45, 2.75) is 45.1 Å². The lowest BCUT2D eigenvalue weighted by Crippen LogP contribution is -2.33. The van der Waals surface area contributed by atoms with E-state index in [-0.39, 0.29) is 24.2 Å². The highest BCUT2D eigenvalue weighted by Crippen LogP contribution is 2.58. The smallest absolute Gasteiger partial charge is 0.337 e. The molecular formula is C33H32FN5O4. The van der Waals surface area contributed by atoms with E-state index in [4.69, 9.17) is 29.4 Å². The van der Waals surface area contributed by atoms with E-state index >= 15 is 0 Å². The molecule has 0 amide bonds. The number of benzene rings is 2. The maximum Gasteiger partial charge on any atom is 0.337 e. The van der Waals surface area contributed by atoms with Gasteiger partial charge in [0, 0.05) is 42.9 Å². The third kappa shape index (κ3) is 5.24. The molecule has 0 bridgehead atoms. The minimum absolute atomic E-state index is 0.0484. The number of nitrogens with zero attached hydrogens (tertiary/aromatic N) is 5. The van der Waals surface area contributed by atoms with Crippen molar-refractivity contribution in [3.8, 4) is 11.9 Å². The minimum atomic E-state index is -0.458. The fourth-order valence-corrected chi connectivity index (χ4v) is 6.60. The number of fused-ring (bicyclic) bond motifs is 2. The van der Waals surface area contributed by atoms with Crippen molar-refractivity contribution in [3.63, 3.8) is 0 Å². The first-order valence-electron chi connectivity index (χ1n) is 14.6. The Hall–Kier alpha value is -4.33. The van der Waals surface area contributed by atoms with Crippen LogP contribution in [0.4, 0.5) is 4.39 Å². The van der Waals surface area contributed by atoms with Gasteiger partial charge in [-0.3, -0.25) is 4.90 Å². The molecule has 0 N–H and O–H groups in total. The van der Waals surface area contributed by atoms with Crippen LogP contribution in [0, 0.1) is 35.9 Å². The van der Waals surface area contributed by atoms with Gasteiger partial charge in [0.1, 0.15) is 18.2 Å². The van der Waals surface area contributed by atoms with Crippen molar-refractivity contribution in [1.29, 1.82) is 5.26 Å². The maximum absolute atomic E-state index is 14.3. The molecule has 1 saturated carbocycles. The van der Waals surface area contributed by atoms with Gasteiger partial charge in [-0.05, 0) is 61.1 Å². The summed E-state index contributed by atoms with van der Waals surface area (Å²) in [5.41, 5.74) is 5.00. The van der Waals surface area contributed by atoms with E-state index in [1.165, 1.54) is 13.2 Å². The standard InChI is InChI=1S/C33H32FN5O4/c1-19-10-22(33(40)41-2)12-28-32(19)37-29(39(28)14-23-8-9-42-23)17-38-15-24-25(16-38)31(24)27-4-3-5-30(36-27)43-18-21-7-6-20(13-35)11-26(21)34/h3-7,10-12,23-25,31H,8-9,14-18H2,1-2H3/t23-,24?,25?,31?/m0/s1. The molecule has 0 spiro atoms. The molecule has 3 aliphatic rings. The molecule has 2 unspecified atom stereocenters. The van der Waals surface area contributed by atoms with E-state index < -0.39 is 5.82 Å². The summed E-state index contributed by atoms with van der Waals surface area (Å²) in [5.74, 6) is 2.04. The van der Waals surface area contributed by atoms with Crippen LogP contribution in [-0.4, -0.2) is 58.3 Å². The molecule has 9 nitrogen and oxygen atoms in total. The predicted molar refractivity (Wildman–Crippen MR) is 155 cm³/mol. The van der Waals surface area contributed by atoms with Gasteiger partial charge in [-0.25, -0.2) is 19.2 Å². The second kappa shape index (κ2) is 11.1. The molecular weight excluding hydrogens is 549 g/mol. The van der Waals surface area contributed by atoms with E-state index in [0.717, 1.165) is 60.8 Å². The van der Waals surface area contributed by atoms with Gasteiger partial charge in [0.2, 0.25) is 5.88 Å². The summed E-state index contributed by atoms with van der Waals surface area (Å²) in [4.78, 5) is 24.6. The Bertz CT molecular complexity index is 1750. The molecule has 1 aliphatic carbocycles. The van der Waals surface area contributed by atoms with E-state index in [2.05, 4.69) is 9.47 Å². The van der Waals surface area contributed by atoms with Gasteiger partial charge in [-0.2, -0.15) is 5.26 Å². The average molecular weight is 582 g/mol. The fraction of sp³-hybridized carbons (Fsp3) is 0.394. The topological polar surface area (TPSA) is 102 Å². The molecule has 220 valence electrons. The Morgan fingerprint density at radius 3 is 2.67 bits per heavy atom. The summed E-state index contributed by atoms with van der Waals surface area (Å²) >= 11 is 0. The summed E-state index contributed by atoms with van der Waals surface area (Å²) < 4.78 is 33.1. The zero-order valence-electron chi connectivity index (χ0n) is 24.1. The van der Waals surface area contributed by atoms with Crippen molar-refractivity contribution < 1.29 is 23.4 Å². The second-order valence-electron chi connectivity index (χ2n) is 11.7. The highest BCUT2D eigenvalue weighted by atomic mass is 19.1. The van der Waals surface area contributed by atoms with E-state index in [9.17, 15) is 9.18 Å². The average Bonchev–Trinajstić information content (AvgIpc) is 3.30. The first-order chi connectivity index (χ1) is 20.9. The molecule has 2 aromatic heterocycles.